The van der Waals surface area contributed by atoms with Gasteiger partial charge in [0.2, 0.25) is 18.6 Å². The highest BCUT2D eigenvalue weighted by Crippen LogP contribution is 2.50. The van der Waals surface area contributed by atoms with Crippen molar-refractivity contribution < 1.29 is 43.4 Å². The third-order valence-corrected chi connectivity index (χ3v) is 8.72. The first-order valence-corrected chi connectivity index (χ1v) is 18.0. The maximum Gasteiger partial charge on any atom is 0.540 e. The van der Waals surface area contributed by atoms with Crippen molar-refractivity contribution in [3.63, 3.8) is 0 Å². The predicted molar refractivity (Wildman–Crippen MR) is 163 cm³/mol. The highest BCUT2D eigenvalue weighted by molar-refractivity contribution is 8.02. The largest absolute Gasteiger partial charge is 0.540 e. The molecule has 0 bridgehead atoms. The molecule has 16 heteroatoms. The first-order valence-electron chi connectivity index (χ1n) is 12.1. The van der Waals surface area contributed by atoms with Gasteiger partial charge in [-0.25, -0.2) is 4.90 Å². The monoisotopic (exact) mass is 644 g/mol. The van der Waals surface area contributed by atoms with E-state index in [-0.39, 0.29) is 13.3 Å². The van der Waals surface area contributed by atoms with Gasteiger partial charge in [0.15, 0.2) is 18.3 Å². The normalized spacial score (nSPS) is 12.4. The SMILES string of the molecule is CN(/N=C/c1ccc(OCOc2ccccc2)cc1)[P+](=S)Oc1ccc(CCN(C[P+](O)(O)O)C[P+](O)(O)O)cc1. The summed E-state index contributed by atoms with van der Waals surface area (Å²) < 4.78 is 18.5. The molecule has 0 aromatic heterocycles. The minimum absolute atomic E-state index is 0.0922. The Morgan fingerprint density at radius 1 is 0.780 bits per heavy atom. The Kier molecular flexibility index (Phi) is 12.7. The Morgan fingerprint density at radius 2 is 1.32 bits per heavy atom. The van der Waals surface area contributed by atoms with Gasteiger partial charge >= 0.3 is 23.0 Å². The summed E-state index contributed by atoms with van der Waals surface area (Å²) >= 11 is 5.46. The van der Waals surface area contributed by atoms with E-state index in [1.54, 1.807) is 42.3 Å². The molecule has 0 saturated heterocycles. The van der Waals surface area contributed by atoms with E-state index >= 15 is 0 Å². The third kappa shape index (κ3) is 13.4. The predicted octanol–water partition coefficient (Wildman–Crippen LogP) is 3.46. The molecule has 0 aliphatic heterocycles. The van der Waals surface area contributed by atoms with Crippen LogP contribution in [-0.2, 0) is 18.2 Å². The lowest BCUT2D eigenvalue weighted by atomic mass is 10.1. The van der Waals surface area contributed by atoms with Crippen LogP contribution in [0.15, 0.2) is 84.0 Å². The molecule has 0 aliphatic rings. The van der Waals surface area contributed by atoms with Crippen molar-refractivity contribution >= 4 is 41.0 Å². The lowest BCUT2D eigenvalue weighted by Gasteiger charge is -2.20. The van der Waals surface area contributed by atoms with E-state index in [4.69, 9.17) is 25.8 Å². The smallest absolute Gasteiger partial charge is 0.458 e. The average molecular weight is 645 g/mol. The van der Waals surface area contributed by atoms with Crippen LogP contribution in [0.3, 0.4) is 0 Å². The molecular weight excluding hydrogens is 611 g/mol. The van der Waals surface area contributed by atoms with Crippen LogP contribution in [0.1, 0.15) is 11.1 Å². The molecule has 1 atom stereocenters. The Bertz CT molecular complexity index is 1240. The molecule has 0 saturated carbocycles. The van der Waals surface area contributed by atoms with Gasteiger partial charge in [0, 0.05) is 6.54 Å². The van der Waals surface area contributed by atoms with Gasteiger partial charge in [-0.1, -0.05) is 35.1 Å². The van der Waals surface area contributed by atoms with E-state index in [1.807, 2.05) is 54.6 Å². The minimum atomic E-state index is -4.20. The Balaban J connectivity index is 1.45. The zero-order chi connectivity index (χ0) is 29.9. The van der Waals surface area contributed by atoms with Crippen LogP contribution in [0.2, 0.25) is 0 Å². The lowest BCUT2D eigenvalue weighted by Crippen LogP contribution is -2.30. The van der Waals surface area contributed by atoms with E-state index in [1.165, 1.54) is 4.90 Å². The van der Waals surface area contributed by atoms with Crippen molar-refractivity contribution in [3.05, 3.63) is 90.0 Å². The molecular formula is C25H33N3O9P3S+3. The van der Waals surface area contributed by atoms with Crippen molar-refractivity contribution in [2.24, 2.45) is 5.10 Å². The number of hydrogen-bond donors (Lipinski definition) is 6. The van der Waals surface area contributed by atoms with Gasteiger partial charge in [0.05, 0.1) is 13.3 Å². The number of ether oxygens (including phenoxy) is 2. The lowest BCUT2D eigenvalue weighted by molar-refractivity contribution is 0.120. The molecule has 3 aromatic rings. The van der Waals surface area contributed by atoms with Crippen LogP contribution in [0.5, 0.6) is 17.2 Å². The van der Waals surface area contributed by atoms with Crippen molar-refractivity contribution in [3.8, 4) is 17.2 Å². The third-order valence-electron chi connectivity index (χ3n) is 5.29. The Labute approximate surface area is 245 Å². The molecule has 0 fully saturated rings. The summed E-state index contributed by atoms with van der Waals surface area (Å²) in [7, 11) is -8.18. The number of hydrazone groups is 1. The molecule has 12 nitrogen and oxygen atoms in total. The Morgan fingerprint density at radius 3 is 1.88 bits per heavy atom. The first kappa shape index (κ1) is 33.1. The van der Waals surface area contributed by atoms with Crippen LogP contribution < -0.4 is 14.0 Å². The quantitative estimate of drug-likeness (QED) is 0.0583. The molecule has 0 amide bonds. The summed E-state index contributed by atoms with van der Waals surface area (Å²) in [6.07, 6.45) is 0.851. The first-order chi connectivity index (χ1) is 19.4. The van der Waals surface area contributed by atoms with E-state index in [9.17, 15) is 29.4 Å². The Hall–Kier alpha value is -2.37. The highest BCUT2D eigenvalue weighted by Gasteiger charge is 2.40. The van der Waals surface area contributed by atoms with Crippen LogP contribution in [0, 0.1) is 0 Å². The number of hydrogen-bond acceptors (Lipinski definition) is 12. The van der Waals surface area contributed by atoms with Crippen molar-refractivity contribution in [1.82, 2.24) is 9.68 Å². The number of para-hydroxylation sites is 1. The van der Waals surface area contributed by atoms with Gasteiger partial charge in [-0.2, -0.15) is 29.4 Å². The summed E-state index contributed by atoms with van der Waals surface area (Å²) in [5.41, 5.74) is 1.67. The van der Waals surface area contributed by atoms with E-state index in [2.05, 4.69) is 5.10 Å². The van der Waals surface area contributed by atoms with Gasteiger partial charge in [-0.15, -0.1) is 5.10 Å². The molecule has 0 radical (unpaired) electrons. The van der Waals surface area contributed by atoms with Gasteiger partial charge < -0.3 is 9.47 Å². The second-order valence-corrected chi connectivity index (χ2v) is 14.3. The fourth-order valence-electron chi connectivity index (χ4n) is 3.40. The molecule has 220 valence electrons. The maximum atomic E-state index is 9.32. The fraction of sp³-hybridized carbons (Fsp3) is 0.240. The number of nitrogens with zero attached hydrogens (tertiary/aromatic N) is 3. The summed E-state index contributed by atoms with van der Waals surface area (Å²) in [5, 5.41) is 4.37. The van der Waals surface area contributed by atoms with Gasteiger partial charge in [-0.3, -0.25) is 4.52 Å². The molecule has 41 heavy (non-hydrogen) atoms. The molecule has 6 N–H and O–H groups in total. The van der Waals surface area contributed by atoms with E-state index in [0.717, 1.165) is 16.9 Å². The molecule has 0 aliphatic carbocycles. The molecule has 1 unspecified atom stereocenters. The zero-order valence-corrected chi connectivity index (χ0v) is 25.6. The maximum absolute atomic E-state index is 9.32. The van der Waals surface area contributed by atoms with Crippen LogP contribution in [-0.4, -0.2) is 78.2 Å². The number of rotatable bonds is 16. The summed E-state index contributed by atoms with van der Waals surface area (Å²) in [4.78, 5) is 57.1. The average Bonchev–Trinajstić information content (AvgIpc) is 2.91. The summed E-state index contributed by atoms with van der Waals surface area (Å²) in [6, 6.07) is 23.7. The molecule has 0 heterocycles. The van der Waals surface area contributed by atoms with E-state index in [0.29, 0.717) is 17.9 Å². The van der Waals surface area contributed by atoms with Gasteiger partial charge in [0.1, 0.15) is 11.5 Å². The zero-order valence-electron chi connectivity index (χ0n) is 22.1. The standard InChI is InChI=1S/C25H33N3O9P3S/c1-27(26-17-22-9-11-24(12-10-22)36-20-35-23-5-3-2-4-6-23)38(41)37-25-13-7-21(8-14-25)15-16-28(18-39(29,30)31)19-40(32,33)34/h2-14,17,29-34H,15-16,18-20H2,1H3/q+3/b26-17+. The summed E-state index contributed by atoms with van der Waals surface area (Å²) in [5.74, 6) is 1.92. The van der Waals surface area contributed by atoms with E-state index < -0.39 is 35.5 Å². The summed E-state index contributed by atoms with van der Waals surface area (Å²) in [6.45, 7) is 0.224. The number of benzene rings is 3. The molecule has 3 aromatic carbocycles. The molecule has 0 spiro atoms. The molecule has 3 rings (SSSR count). The highest BCUT2D eigenvalue weighted by atomic mass is 32.4. The van der Waals surface area contributed by atoms with Crippen LogP contribution >= 0.6 is 23.0 Å². The van der Waals surface area contributed by atoms with Gasteiger partial charge in [0.25, 0.3) is 0 Å². The van der Waals surface area contributed by atoms with Crippen molar-refractivity contribution in [2.45, 2.75) is 6.42 Å². The second kappa shape index (κ2) is 15.7. The second-order valence-electron chi connectivity index (χ2n) is 8.81. The van der Waals surface area contributed by atoms with Crippen molar-refractivity contribution in [2.75, 3.05) is 33.0 Å². The van der Waals surface area contributed by atoms with Crippen molar-refractivity contribution in [1.29, 1.82) is 0 Å². The van der Waals surface area contributed by atoms with Gasteiger partial charge in [-0.05, 0) is 66.1 Å². The minimum Gasteiger partial charge on any atom is -0.458 e. The topological polar surface area (TPSA) is 168 Å². The van der Waals surface area contributed by atoms with Crippen LogP contribution in [0.4, 0.5) is 0 Å². The fourth-order valence-corrected chi connectivity index (χ4v) is 6.06. The van der Waals surface area contributed by atoms with Crippen LogP contribution in [0.25, 0.3) is 0 Å².